The molecule has 0 heterocycles. The van der Waals surface area contributed by atoms with E-state index in [9.17, 15) is 9.59 Å². The van der Waals surface area contributed by atoms with Crippen LogP contribution in [0.4, 0.5) is 0 Å². The van der Waals surface area contributed by atoms with Gasteiger partial charge in [-0.05, 0) is 18.8 Å². The molecule has 0 spiro atoms. The van der Waals surface area contributed by atoms with Crippen molar-refractivity contribution in [2.75, 3.05) is 0 Å². The Morgan fingerprint density at radius 2 is 1.39 bits per heavy atom. The third-order valence-electron chi connectivity index (χ3n) is 4.34. The topological polar surface area (TPSA) is 80.4 Å². The molecule has 0 aliphatic carbocycles. The Kier molecular flexibility index (Phi) is 18.7. The molecule has 23 heavy (non-hydrogen) atoms. The molecule has 0 unspecified atom stereocenters. The first-order valence-electron chi connectivity index (χ1n) is 8.99. The first-order valence-corrected chi connectivity index (χ1v) is 8.99. The van der Waals surface area contributed by atoms with Gasteiger partial charge in [-0.2, -0.15) is 0 Å². The molecular formula is C18H36NNaO3. The number of carbonyl (C=O) groups excluding carboxylic acids is 1. The molecule has 0 aromatic rings. The van der Waals surface area contributed by atoms with E-state index in [2.05, 4.69) is 6.92 Å². The average Bonchev–Trinajstić information content (AvgIpc) is 2.50. The molecule has 5 heteroatoms. The average molecular weight is 337 g/mol. The normalized spacial score (nSPS) is 13.2. The van der Waals surface area contributed by atoms with Gasteiger partial charge in [-0.15, -0.1) is 0 Å². The van der Waals surface area contributed by atoms with E-state index in [1.54, 1.807) is 6.92 Å². The summed E-state index contributed by atoms with van der Waals surface area (Å²) >= 11 is 0. The predicted octanol–water partition coefficient (Wildman–Crippen LogP) is 3.66. The van der Waals surface area contributed by atoms with E-state index < -0.39 is 12.0 Å². The Morgan fingerprint density at radius 3 is 1.87 bits per heavy atom. The number of aliphatic carboxylic acids is 1. The molecule has 0 aliphatic rings. The second-order valence-corrected chi connectivity index (χ2v) is 6.50. The van der Waals surface area contributed by atoms with Gasteiger partial charge in [0.2, 0.25) is 0 Å². The molecule has 3 N–H and O–H groups in total. The number of hydrogen-bond donors (Lipinski definition) is 2. The zero-order chi connectivity index (χ0) is 16.8. The second-order valence-electron chi connectivity index (χ2n) is 6.50. The van der Waals surface area contributed by atoms with Gasteiger partial charge in [-0.1, -0.05) is 65.2 Å². The van der Waals surface area contributed by atoms with Gasteiger partial charge in [0, 0.05) is 12.8 Å². The summed E-state index contributed by atoms with van der Waals surface area (Å²) in [4.78, 5) is 22.5. The first-order chi connectivity index (χ1) is 10.5. The van der Waals surface area contributed by atoms with Gasteiger partial charge in [0.15, 0.2) is 0 Å². The molecule has 2 atom stereocenters. The van der Waals surface area contributed by atoms with Crippen molar-refractivity contribution in [1.82, 2.24) is 0 Å². The number of ketones is 1. The Morgan fingerprint density at radius 1 is 0.913 bits per heavy atom. The summed E-state index contributed by atoms with van der Waals surface area (Å²) in [6.07, 6.45) is 12.9. The molecule has 0 aromatic heterocycles. The summed E-state index contributed by atoms with van der Waals surface area (Å²) in [6.45, 7) is 4.03. The quantitative estimate of drug-likeness (QED) is 0.353. The van der Waals surface area contributed by atoms with Gasteiger partial charge in [0.05, 0.1) is 0 Å². The van der Waals surface area contributed by atoms with Gasteiger partial charge < -0.3 is 10.8 Å². The SMILES string of the molecule is CCCCCCCCCCCC(=O)CC[C@H](C)[C@H](N)C(=O)O.[NaH]. The summed E-state index contributed by atoms with van der Waals surface area (Å²) < 4.78 is 0. The van der Waals surface area contributed by atoms with E-state index in [0.717, 1.165) is 12.8 Å². The van der Waals surface area contributed by atoms with Crippen molar-refractivity contribution in [2.45, 2.75) is 96.9 Å². The number of Topliss-reactive ketones (excluding diaryl/α,β-unsaturated/α-hetero) is 1. The molecule has 0 amide bonds. The molecule has 0 aromatic carbocycles. The van der Waals surface area contributed by atoms with Crippen molar-refractivity contribution < 1.29 is 14.7 Å². The molecule has 0 aliphatic heterocycles. The Bertz CT molecular complexity index is 311. The third-order valence-corrected chi connectivity index (χ3v) is 4.34. The maximum atomic E-state index is 11.8. The number of carboxylic acids is 1. The van der Waals surface area contributed by atoms with Crippen LogP contribution in [0.3, 0.4) is 0 Å². The van der Waals surface area contributed by atoms with Crippen molar-refractivity contribution in [3.8, 4) is 0 Å². The van der Waals surface area contributed by atoms with Crippen LogP contribution in [0, 0.1) is 5.92 Å². The molecule has 0 saturated heterocycles. The summed E-state index contributed by atoms with van der Waals surface area (Å²) in [6, 6.07) is -0.861. The van der Waals surface area contributed by atoms with E-state index in [4.69, 9.17) is 10.8 Å². The Labute approximate surface area is 164 Å². The molecule has 4 nitrogen and oxygen atoms in total. The van der Waals surface area contributed by atoms with E-state index >= 15 is 0 Å². The minimum absolute atomic E-state index is 0. The van der Waals surface area contributed by atoms with Gasteiger partial charge in [-0.3, -0.25) is 9.59 Å². The zero-order valence-electron chi connectivity index (χ0n) is 14.5. The first kappa shape index (κ1) is 25.3. The summed E-state index contributed by atoms with van der Waals surface area (Å²) in [7, 11) is 0. The van der Waals surface area contributed by atoms with Gasteiger partial charge in [0.1, 0.15) is 11.8 Å². The van der Waals surface area contributed by atoms with E-state index in [1.165, 1.54) is 44.9 Å². The molecule has 0 bridgehead atoms. The summed E-state index contributed by atoms with van der Waals surface area (Å²) in [5.74, 6) is -0.893. The predicted molar refractivity (Wildman–Crippen MR) is 98.0 cm³/mol. The Balaban J connectivity index is 0. The zero-order valence-corrected chi connectivity index (χ0v) is 14.5. The monoisotopic (exact) mass is 337 g/mol. The molecule has 0 fully saturated rings. The number of unbranched alkanes of at least 4 members (excludes halogenated alkanes) is 8. The van der Waals surface area contributed by atoms with Crippen LogP contribution in [-0.4, -0.2) is 52.5 Å². The number of rotatable bonds is 15. The van der Waals surface area contributed by atoms with Crippen LogP contribution in [0.1, 0.15) is 90.9 Å². The molecule has 0 saturated carbocycles. The van der Waals surface area contributed by atoms with Crippen LogP contribution < -0.4 is 5.73 Å². The fourth-order valence-electron chi connectivity index (χ4n) is 2.57. The number of carboxylic acid groups (broad SMARTS) is 1. The summed E-state index contributed by atoms with van der Waals surface area (Å²) in [5.41, 5.74) is 5.53. The van der Waals surface area contributed by atoms with Crippen LogP contribution in [0.5, 0.6) is 0 Å². The number of nitrogens with two attached hydrogens (primary N) is 1. The van der Waals surface area contributed by atoms with Gasteiger partial charge in [0.25, 0.3) is 0 Å². The Hall–Kier alpha value is 0.100. The molecule has 0 radical (unpaired) electrons. The van der Waals surface area contributed by atoms with Crippen molar-refractivity contribution in [1.29, 1.82) is 0 Å². The van der Waals surface area contributed by atoms with E-state index in [-0.39, 0.29) is 41.3 Å². The van der Waals surface area contributed by atoms with Crippen molar-refractivity contribution in [2.24, 2.45) is 11.7 Å². The fourth-order valence-corrected chi connectivity index (χ4v) is 2.57. The molecular weight excluding hydrogens is 301 g/mol. The van der Waals surface area contributed by atoms with Crippen molar-refractivity contribution in [3.05, 3.63) is 0 Å². The van der Waals surface area contributed by atoms with Gasteiger partial charge >= 0.3 is 35.5 Å². The van der Waals surface area contributed by atoms with Crippen LogP contribution in [-0.2, 0) is 9.59 Å². The standard InChI is InChI=1S/C18H35NO3.Na.H/c1-3-4-5-6-7-8-9-10-11-12-16(20)14-13-15(2)17(19)18(21)22;;/h15,17H,3-14,19H2,1-2H3,(H,21,22);;/t15-,17-;;/m0../s1. The summed E-state index contributed by atoms with van der Waals surface area (Å²) in [5, 5.41) is 8.80. The van der Waals surface area contributed by atoms with Crippen LogP contribution in [0.25, 0.3) is 0 Å². The number of carbonyl (C=O) groups is 2. The van der Waals surface area contributed by atoms with Crippen molar-refractivity contribution in [3.63, 3.8) is 0 Å². The third kappa shape index (κ3) is 15.4. The van der Waals surface area contributed by atoms with E-state index in [1.807, 2.05) is 0 Å². The van der Waals surface area contributed by atoms with Crippen LogP contribution in [0.2, 0.25) is 0 Å². The van der Waals surface area contributed by atoms with Crippen LogP contribution in [0.15, 0.2) is 0 Å². The number of hydrogen-bond acceptors (Lipinski definition) is 3. The van der Waals surface area contributed by atoms with E-state index in [0.29, 0.717) is 19.3 Å². The van der Waals surface area contributed by atoms with Gasteiger partial charge in [-0.25, -0.2) is 0 Å². The maximum absolute atomic E-state index is 11.8. The van der Waals surface area contributed by atoms with Crippen LogP contribution >= 0.6 is 0 Å². The molecule has 132 valence electrons. The fraction of sp³-hybridized carbons (Fsp3) is 0.889. The molecule has 0 rings (SSSR count). The van der Waals surface area contributed by atoms with Crippen molar-refractivity contribution >= 4 is 41.3 Å². The minimum atomic E-state index is -0.987. The second kappa shape index (κ2) is 16.9.